The van der Waals surface area contributed by atoms with E-state index in [0.717, 1.165) is 0 Å². The molecule has 2 rings (SSSR count). The van der Waals surface area contributed by atoms with Gasteiger partial charge in [-0.3, -0.25) is 0 Å². The molecule has 0 amide bonds. The van der Waals surface area contributed by atoms with Crippen LogP contribution in [0.2, 0.25) is 0 Å². The summed E-state index contributed by atoms with van der Waals surface area (Å²) in [5.41, 5.74) is -6.10. The summed E-state index contributed by atoms with van der Waals surface area (Å²) in [6.07, 6.45) is -1.36. The van der Waals surface area contributed by atoms with Crippen LogP contribution in [0.3, 0.4) is 0 Å². The number of aliphatic hydroxyl groups is 1. The number of halogens is 4. The van der Waals surface area contributed by atoms with E-state index >= 15 is 0 Å². The Bertz CT molecular complexity index is 592. The van der Waals surface area contributed by atoms with Crippen LogP contribution in [0, 0.1) is 5.82 Å². The quantitative estimate of drug-likeness (QED) is 0.634. The molecule has 1 atom stereocenters. The molecule has 1 aliphatic rings. The number of aliphatic hydroxyl groups excluding tert-OH is 1. The average Bonchev–Trinajstić information content (AvgIpc) is 2.60. The second-order valence-corrected chi connectivity index (χ2v) is 5.85. The Hall–Kier alpha value is -1.15. The predicted octanol–water partition coefficient (Wildman–Crippen LogP) is 2.10. The van der Waals surface area contributed by atoms with Gasteiger partial charge >= 0.3 is 5.51 Å². The summed E-state index contributed by atoms with van der Waals surface area (Å²) in [4.78, 5) is -1.06. The Kier molecular flexibility index (Phi) is 2.90. The standard InChI is InChI=1S/C10H8F4O3S/c11-6-2-4-8(18(16,17)10(12,13)14)9-5(6)1-3-7(9)15/h2,4,7,15H,1,3H2/t7-/m1/s1. The molecule has 18 heavy (non-hydrogen) atoms. The summed E-state index contributed by atoms with van der Waals surface area (Å²) in [7, 11) is -5.58. The summed E-state index contributed by atoms with van der Waals surface area (Å²) in [6, 6.07) is 1.22. The number of rotatable bonds is 1. The first-order chi connectivity index (χ1) is 8.16. The number of sulfone groups is 1. The number of hydrogen-bond acceptors (Lipinski definition) is 3. The van der Waals surface area contributed by atoms with Gasteiger partial charge in [0.15, 0.2) is 0 Å². The van der Waals surface area contributed by atoms with Gasteiger partial charge in [-0.2, -0.15) is 13.2 Å². The van der Waals surface area contributed by atoms with Crippen LogP contribution in [0.5, 0.6) is 0 Å². The van der Waals surface area contributed by atoms with Gasteiger partial charge in [-0.05, 0) is 30.5 Å². The lowest BCUT2D eigenvalue weighted by Gasteiger charge is -2.14. The Morgan fingerprint density at radius 2 is 1.89 bits per heavy atom. The highest BCUT2D eigenvalue weighted by Crippen LogP contribution is 2.41. The first kappa shape index (κ1) is 13.3. The minimum absolute atomic E-state index is 0.0106. The van der Waals surface area contributed by atoms with Crippen LogP contribution in [-0.2, 0) is 16.3 Å². The lowest BCUT2D eigenvalue weighted by Crippen LogP contribution is -2.25. The summed E-state index contributed by atoms with van der Waals surface area (Å²) in [5.74, 6) is -0.803. The maximum absolute atomic E-state index is 13.3. The molecule has 0 spiro atoms. The third kappa shape index (κ3) is 1.79. The van der Waals surface area contributed by atoms with Crippen LogP contribution in [0.1, 0.15) is 23.7 Å². The van der Waals surface area contributed by atoms with Crippen LogP contribution in [-0.4, -0.2) is 19.0 Å². The fourth-order valence-corrected chi connectivity index (χ4v) is 3.07. The minimum atomic E-state index is -5.58. The Labute approximate surface area is 100.0 Å². The van der Waals surface area contributed by atoms with Gasteiger partial charge < -0.3 is 5.11 Å². The third-order valence-corrected chi connectivity index (χ3v) is 4.40. The number of alkyl halides is 3. The second-order valence-electron chi connectivity index (χ2n) is 3.94. The van der Waals surface area contributed by atoms with Crippen molar-refractivity contribution < 1.29 is 31.1 Å². The summed E-state index contributed by atoms with van der Waals surface area (Å²) < 4.78 is 73.3. The number of benzene rings is 1. The van der Waals surface area contributed by atoms with Gasteiger partial charge in [-0.25, -0.2) is 12.8 Å². The van der Waals surface area contributed by atoms with Crippen molar-refractivity contribution in [1.29, 1.82) is 0 Å². The Morgan fingerprint density at radius 1 is 1.28 bits per heavy atom. The van der Waals surface area contributed by atoms with E-state index in [1.165, 1.54) is 0 Å². The molecule has 1 aliphatic carbocycles. The Morgan fingerprint density at radius 3 is 2.44 bits per heavy atom. The normalized spacial score (nSPS) is 19.9. The molecule has 3 nitrogen and oxygen atoms in total. The number of hydrogen-bond donors (Lipinski definition) is 1. The second kappa shape index (κ2) is 3.92. The van der Waals surface area contributed by atoms with Crippen LogP contribution >= 0.6 is 0 Å². The molecule has 8 heteroatoms. The minimum Gasteiger partial charge on any atom is -0.388 e. The molecule has 0 aliphatic heterocycles. The molecule has 0 radical (unpaired) electrons. The van der Waals surface area contributed by atoms with Crippen LogP contribution in [0.4, 0.5) is 17.6 Å². The molecule has 0 unspecified atom stereocenters. The largest absolute Gasteiger partial charge is 0.501 e. The predicted molar refractivity (Wildman–Crippen MR) is 52.9 cm³/mol. The van der Waals surface area contributed by atoms with Crippen LogP contribution in [0.25, 0.3) is 0 Å². The van der Waals surface area contributed by atoms with E-state index in [2.05, 4.69) is 0 Å². The van der Waals surface area contributed by atoms with E-state index in [4.69, 9.17) is 0 Å². The highest BCUT2D eigenvalue weighted by molar-refractivity contribution is 7.92. The van der Waals surface area contributed by atoms with Crippen LogP contribution in [0.15, 0.2) is 17.0 Å². The molecule has 1 aromatic carbocycles. The highest BCUT2D eigenvalue weighted by Gasteiger charge is 2.49. The smallest absolute Gasteiger partial charge is 0.388 e. The van der Waals surface area contributed by atoms with Gasteiger partial charge in [0, 0.05) is 5.56 Å². The van der Waals surface area contributed by atoms with Crippen molar-refractivity contribution in [2.45, 2.75) is 29.3 Å². The van der Waals surface area contributed by atoms with E-state index in [9.17, 15) is 31.1 Å². The summed E-state index contributed by atoms with van der Waals surface area (Å²) in [6.45, 7) is 0. The molecule has 0 bridgehead atoms. The summed E-state index contributed by atoms with van der Waals surface area (Å²) in [5, 5.41) is 9.52. The third-order valence-electron chi connectivity index (χ3n) is 2.86. The van der Waals surface area contributed by atoms with Gasteiger partial charge in [-0.1, -0.05) is 0 Å². The van der Waals surface area contributed by atoms with E-state index in [0.29, 0.717) is 12.1 Å². The van der Waals surface area contributed by atoms with Gasteiger partial charge in [0.2, 0.25) is 0 Å². The van der Waals surface area contributed by atoms with Crippen molar-refractivity contribution in [3.8, 4) is 0 Å². The van der Waals surface area contributed by atoms with Gasteiger partial charge in [0.05, 0.1) is 11.0 Å². The maximum Gasteiger partial charge on any atom is 0.501 e. The lowest BCUT2D eigenvalue weighted by molar-refractivity contribution is -0.0437. The first-order valence-corrected chi connectivity index (χ1v) is 6.45. The SMILES string of the molecule is O=S(=O)(c1ccc(F)c2c1[C@H](O)CC2)C(F)(F)F. The molecule has 100 valence electrons. The van der Waals surface area contributed by atoms with Crippen molar-refractivity contribution >= 4 is 9.84 Å². The van der Waals surface area contributed by atoms with E-state index in [1.807, 2.05) is 0 Å². The Balaban J connectivity index is 2.73. The van der Waals surface area contributed by atoms with Crippen molar-refractivity contribution in [2.24, 2.45) is 0 Å². The monoisotopic (exact) mass is 284 g/mol. The first-order valence-electron chi connectivity index (χ1n) is 4.97. The van der Waals surface area contributed by atoms with Crippen molar-refractivity contribution in [2.75, 3.05) is 0 Å². The zero-order valence-electron chi connectivity index (χ0n) is 8.83. The van der Waals surface area contributed by atoms with Gasteiger partial charge in [-0.15, -0.1) is 0 Å². The fraction of sp³-hybridized carbons (Fsp3) is 0.400. The molecular formula is C10H8F4O3S. The van der Waals surface area contributed by atoms with Crippen molar-refractivity contribution in [1.82, 2.24) is 0 Å². The lowest BCUT2D eigenvalue weighted by atomic mass is 10.1. The molecule has 0 fully saturated rings. The highest BCUT2D eigenvalue weighted by atomic mass is 32.2. The maximum atomic E-state index is 13.3. The fourth-order valence-electron chi connectivity index (χ4n) is 2.02. The van der Waals surface area contributed by atoms with E-state index < -0.39 is 37.7 Å². The average molecular weight is 284 g/mol. The van der Waals surface area contributed by atoms with Crippen molar-refractivity contribution in [3.05, 3.63) is 29.1 Å². The van der Waals surface area contributed by atoms with Gasteiger partial charge in [0.1, 0.15) is 5.82 Å². The zero-order valence-corrected chi connectivity index (χ0v) is 9.65. The number of fused-ring (bicyclic) bond motifs is 1. The summed E-state index contributed by atoms with van der Waals surface area (Å²) >= 11 is 0. The van der Waals surface area contributed by atoms with Gasteiger partial charge in [0.25, 0.3) is 9.84 Å². The molecule has 1 N–H and O–H groups in total. The molecule has 0 saturated carbocycles. The zero-order chi connectivity index (χ0) is 13.7. The molecule has 1 aromatic rings. The van der Waals surface area contributed by atoms with E-state index in [1.54, 1.807) is 0 Å². The topological polar surface area (TPSA) is 54.4 Å². The molecule has 0 heterocycles. The van der Waals surface area contributed by atoms with Crippen molar-refractivity contribution in [3.63, 3.8) is 0 Å². The van der Waals surface area contributed by atoms with Crippen LogP contribution < -0.4 is 0 Å². The molecule has 0 saturated heterocycles. The van der Waals surface area contributed by atoms with E-state index in [-0.39, 0.29) is 18.4 Å². The molecule has 0 aromatic heterocycles. The molecular weight excluding hydrogens is 276 g/mol.